The number of methoxy groups -OCH3 is 1. The molecule has 3 rings (SSSR count). The van der Waals surface area contributed by atoms with Crippen LogP contribution in [-0.4, -0.2) is 50.8 Å². The number of aliphatic hydroxyl groups excluding tert-OH is 1. The summed E-state index contributed by atoms with van der Waals surface area (Å²) >= 11 is 1.70. The number of amides is 1. The van der Waals surface area contributed by atoms with Gasteiger partial charge in [0.05, 0.1) is 13.2 Å². The Hall–Kier alpha value is -1.93. The normalized spacial score (nSPS) is 19.3. The van der Waals surface area contributed by atoms with Gasteiger partial charge in [-0.15, -0.1) is 11.3 Å². The zero-order valence-corrected chi connectivity index (χ0v) is 16.9. The van der Waals surface area contributed by atoms with Crippen LogP contribution < -0.4 is 5.32 Å². The van der Waals surface area contributed by atoms with Gasteiger partial charge in [-0.1, -0.05) is 18.2 Å². The molecule has 1 aromatic carbocycles. The van der Waals surface area contributed by atoms with Crippen LogP contribution in [0.25, 0.3) is 10.1 Å². The molecular formula is C21H27NO5S. The number of hydrogen-bond acceptors (Lipinski definition) is 6. The quantitative estimate of drug-likeness (QED) is 0.594. The van der Waals surface area contributed by atoms with Gasteiger partial charge in [-0.2, -0.15) is 0 Å². The lowest BCUT2D eigenvalue weighted by Gasteiger charge is -2.29. The molecule has 152 valence electrons. The fourth-order valence-corrected chi connectivity index (χ4v) is 4.23. The lowest BCUT2D eigenvalue weighted by atomic mass is 9.92. The minimum atomic E-state index is -0.490. The van der Waals surface area contributed by atoms with E-state index < -0.39 is 6.29 Å². The Morgan fingerprint density at radius 2 is 2.18 bits per heavy atom. The molecule has 0 saturated heterocycles. The number of unbranched alkanes of at least 4 members (excludes halogenated alkanes) is 1. The molecule has 1 aliphatic rings. The predicted molar refractivity (Wildman–Crippen MR) is 109 cm³/mol. The number of ether oxygens (including phenoxy) is 3. The first-order chi connectivity index (χ1) is 13.7. The SMILES string of the molecule is COCCNC(=O)C1=C[C@H](c2csc3ccccc23)C[C@H](OCCCCO)O1. The van der Waals surface area contributed by atoms with Gasteiger partial charge in [0, 0.05) is 37.3 Å². The van der Waals surface area contributed by atoms with Crippen molar-refractivity contribution in [1.82, 2.24) is 5.32 Å². The zero-order valence-electron chi connectivity index (χ0n) is 16.1. The number of fused-ring (bicyclic) bond motifs is 1. The second-order valence-electron chi connectivity index (χ2n) is 6.66. The van der Waals surface area contributed by atoms with Crippen LogP contribution in [-0.2, 0) is 19.0 Å². The number of rotatable bonds is 10. The van der Waals surface area contributed by atoms with E-state index in [0.717, 1.165) is 6.42 Å². The van der Waals surface area contributed by atoms with Crippen LogP contribution in [0.3, 0.4) is 0 Å². The first-order valence-corrected chi connectivity index (χ1v) is 10.4. The van der Waals surface area contributed by atoms with E-state index in [1.165, 1.54) is 15.6 Å². The van der Waals surface area contributed by atoms with Crippen molar-refractivity contribution in [3.8, 4) is 0 Å². The average Bonchev–Trinajstić information content (AvgIpc) is 3.15. The second kappa shape index (κ2) is 10.6. The number of benzene rings is 1. The standard InChI is InChI=1S/C21H27NO5S/c1-25-11-8-22-21(24)18-12-15(13-20(27-18)26-10-5-4-9-23)17-14-28-19-7-3-2-6-16(17)19/h2-3,6-7,12,14-15,20,23H,4-5,8-11,13H2,1H3,(H,22,24)/t15-,20+/m0/s1. The summed E-state index contributed by atoms with van der Waals surface area (Å²) in [6.45, 7) is 1.50. The molecule has 0 radical (unpaired) electrons. The third-order valence-electron chi connectivity index (χ3n) is 4.64. The lowest BCUT2D eigenvalue weighted by molar-refractivity contribution is -0.146. The van der Waals surface area contributed by atoms with Crippen molar-refractivity contribution in [2.75, 3.05) is 33.5 Å². The van der Waals surface area contributed by atoms with E-state index >= 15 is 0 Å². The van der Waals surface area contributed by atoms with Crippen molar-refractivity contribution >= 4 is 27.3 Å². The summed E-state index contributed by atoms with van der Waals surface area (Å²) in [7, 11) is 1.59. The Morgan fingerprint density at radius 1 is 1.32 bits per heavy atom. The lowest BCUT2D eigenvalue weighted by Crippen LogP contribution is -2.34. The highest BCUT2D eigenvalue weighted by Crippen LogP contribution is 2.38. The fourth-order valence-electron chi connectivity index (χ4n) is 3.20. The van der Waals surface area contributed by atoms with Gasteiger partial charge in [0.15, 0.2) is 5.76 Å². The molecule has 1 amide bonds. The molecule has 0 fully saturated rings. The van der Waals surface area contributed by atoms with Crippen molar-refractivity contribution in [3.63, 3.8) is 0 Å². The summed E-state index contributed by atoms with van der Waals surface area (Å²) in [4.78, 5) is 12.5. The van der Waals surface area contributed by atoms with E-state index in [4.69, 9.17) is 19.3 Å². The number of allylic oxidation sites excluding steroid dienone is 1. The highest BCUT2D eigenvalue weighted by atomic mass is 32.1. The Bertz CT molecular complexity index is 803. The first kappa shape index (κ1) is 20.8. The number of carbonyl (C=O) groups is 1. The van der Waals surface area contributed by atoms with Crippen LogP contribution in [0, 0.1) is 0 Å². The average molecular weight is 406 g/mol. The van der Waals surface area contributed by atoms with Gasteiger partial charge >= 0.3 is 0 Å². The van der Waals surface area contributed by atoms with Gasteiger partial charge in [0.1, 0.15) is 0 Å². The van der Waals surface area contributed by atoms with Crippen LogP contribution in [0.15, 0.2) is 41.5 Å². The molecule has 0 aliphatic carbocycles. The van der Waals surface area contributed by atoms with Gasteiger partial charge in [0.2, 0.25) is 6.29 Å². The van der Waals surface area contributed by atoms with Crippen molar-refractivity contribution < 1.29 is 24.1 Å². The van der Waals surface area contributed by atoms with E-state index in [9.17, 15) is 4.79 Å². The molecule has 6 nitrogen and oxygen atoms in total. The molecule has 0 spiro atoms. The number of carbonyl (C=O) groups excluding carboxylic acids is 1. The van der Waals surface area contributed by atoms with Gasteiger partial charge in [-0.25, -0.2) is 0 Å². The molecule has 0 unspecified atom stereocenters. The molecular weight excluding hydrogens is 378 g/mol. The first-order valence-electron chi connectivity index (χ1n) is 9.57. The summed E-state index contributed by atoms with van der Waals surface area (Å²) < 4.78 is 17.9. The molecule has 0 bridgehead atoms. The topological polar surface area (TPSA) is 77.0 Å². The molecule has 2 N–H and O–H groups in total. The minimum Gasteiger partial charge on any atom is -0.459 e. The van der Waals surface area contributed by atoms with Crippen molar-refractivity contribution in [1.29, 1.82) is 0 Å². The summed E-state index contributed by atoms with van der Waals surface area (Å²) in [5.74, 6) is 0.0657. The highest BCUT2D eigenvalue weighted by Gasteiger charge is 2.29. The highest BCUT2D eigenvalue weighted by molar-refractivity contribution is 7.17. The van der Waals surface area contributed by atoms with E-state index in [1.807, 2.05) is 18.2 Å². The van der Waals surface area contributed by atoms with Crippen LogP contribution in [0.1, 0.15) is 30.7 Å². The summed E-state index contributed by atoms with van der Waals surface area (Å²) in [6, 6.07) is 8.28. The fraction of sp³-hybridized carbons (Fsp3) is 0.476. The maximum Gasteiger partial charge on any atom is 0.286 e. The van der Waals surface area contributed by atoms with Gasteiger partial charge in [-0.05, 0) is 41.3 Å². The Balaban J connectivity index is 1.77. The van der Waals surface area contributed by atoms with Crippen LogP contribution in [0.4, 0.5) is 0 Å². The molecule has 7 heteroatoms. The van der Waals surface area contributed by atoms with Gasteiger partial charge in [-0.3, -0.25) is 4.79 Å². The molecule has 2 aromatic rings. The maximum absolute atomic E-state index is 12.5. The maximum atomic E-state index is 12.5. The van der Waals surface area contributed by atoms with E-state index in [2.05, 4.69) is 22.8 Å². The molecule has 2 heterocycles. The molecule has 0 saturated carbocycles. The summed E-state index contributed by atoms with van der Waals surface area (Å²) in [5.41, 5.74) is 1.19. The zero-order chi connectivity index (χ0) is 19.8. The smallest absolute Gasteiger partial charge is 0.286 e. The molecule has 2 atom stereocenters. The third kappa shape index (κ3) is 5.32. The van der Waals surface area contributed by atoms with Crippen molar-refractivity contribution in [2.24, 2.45) is 0 Å². The minimum absolute atomic E-state index is 0.0379. The molecule has 1 aliphatic heterocycles. The summed E-state index contributed by atoms with van der Waals surface area (Å²) in [6.07, 6.45) is 3.49. The number of nitrogens with one attached hydrogen (secondary N) is 1. The van der Waals surface area contributed by atoms with Crippen molar-refractivity contribution in [2.45, 2.75) is 31.5 Å². The van der Waals surface area contributed by atoms with E-state index in [-0.39, 0.29) is 24.2 Å². The number of aliphatic hydroxyl groups is 1. The molecule has 1 aromatic heterocycles. The Labute approximate surface area is 169 Å². The van der Waals surface area contributed by atoms with Crippen molar-refractivity contribution in [3.05, 3.63) is 47.0 Å². The second-order valence-corrected chi connectivity index (χ2v) is 7.57. The van der Waals surface area contributed by atoms with Crippen LogP contribution in [0.5, 0.6) is 0 Å². The summed E-state index contributed by atoms with van der Waals surface area (Å²) in [5, 5.41) is 15.1. The van der Waals surface area contributed by atoms with E-state index in [1.54, 1.807) is 18.4 Å². The van der Waals surface area contributed by atoms with Gasteiger partial charge < -0.3 is 24.6 Å². The predicted octanol–water partition coefficient (Wildman–Crippen LogP) is 3.17. The van der Waals surface area contributed by atoms with E-state index in [0.29, 0.717) is 32.6 Å². The van der Waals surface area contributed by atoms with Crippen LogP contribution >= 0.6 is 11.3 Å². The largest absolute Gasteiger partial charge is 0.459 e. The molecule has 28 heavy (non-hydrogen) atoms. The number of hydrogen-bond donors (Lipinski definition) is 2. The monoisotopic (exact) mass is 405 g/mol. The number of thiophene rings is 1. The Morgan fingerprint density at radius 3 is 3.00 bits per heavy atom. The van der Waals surface area contributed by atoms with Crippen LogP contribution in [0.2, 0.25) is 0 Å². The van der Waals surface area contributed by atoms with Gasteiger partial charge in [0.25, 0.3) is 5.91 Å². The third-order valence-corrected chi connectivity index (χ3v) is 5.62. The Kier molecular flexibility index (Phi) is 7.85.